The second-order valence-electron chi connectivity index (χ2n) is 9.06. The molecule has 5 rings (SSSR count). The summed E-state index contributed by atoms with van der Waals surface area (Å²) < 4.78 is 40.5. The van der Waals surface area contributed by atoms with E-state index in [1.54, 1.807) is 24.5 Å². The Balaban J connectivity index is 1.28. The average Bonchev–Trinajstić information content (AvgIpc) is 3.26. The molecule has 11 heteroatoms. The maximum Gasteiger partial charge on any atom is 0.319 e. The highest BCUT2D eigenvalue weighted by atomic mass is 32.2. The Morgan fingerprint density at radius 3 is 2.51 bits per heavy atom. The van der Waals surface area contributed by atoms with Crippen molar-refractivity contribution in [1.82, 2.24) is 19.8 Å². The Morgan fingerprint density at radius 2 is 1.78 bits per heavy atom. The van der Waals surface area contributed by atoms with Gasteiger partial charge in [-0.3, -0.25) is 14.2 Å². The van der Waals surface area contributed by atoms with Crippen LogP contribution in [0.2, 0.25) is 0 Å². The van der Waals surface area contributed by atoms with Crippen LogP contribution >= 0.6 is 0 Å². The number of alkyl halides is 1. The lowest BCUT2D eigenvalue weighted by Crippen LogP contribution is -2.51. The number of hydrogen-bond donors (Lipinski definition) is 3. The summed E-state index contributed by atoms with van der Waals surface area (Å²) in [5.41, 5.74) is 5.52. The number of nitrogens with one attached hydrogen (secondary N) is 3. The summed E-state index contributed by atoms with van der Waals surface area (Å²) in [5, 5.41) is 5.60. The monoisotopic (exact) mass is 522 g/mol. The molecule has 3 aromatic carbocycles. The van der Waals surface area contributed by atoms with E-state index in [1.165, 1.54) is 0 Å². The number of imidazole rings is 1. The van der Waals surface area contributed by atoms with E-state index < -0.39 is 16.2 Å². The molecule has 37 heavy (non-hydrogen) atoms. The summed E-state index contributed by atoms with van der Waals surface area (Å²) in [4.78, 5) is 18.6. The fraction of sp³-hybridized carbons (Fsp3) is 0.231. The average molecular weight is 523 g/mol. The van der Waals surface area contributed by atoms with Gasteiger partial charge >= 0.3 is 6.03 Å². The summed E-state index contributed by atoms with van der Waals surface area (Å²) in [6.45, 7) is 1.95. The molecule has 0 unspecified atom stereocenters. The van der Waals surface area contributed by atoms with Crippen LogP contribution in [-0.2, 0) is 10.0 Å². The number of nitrogens with zero attached hydrogens (tertiary/aromatic N) is 3. The number of aromatic nitrogens is 2. The van der Waals surface area contributed by atoms with Crippen LogP contribution in [0.1, 0.15) is 0 Å². The molecule has 0 saturated carbocycles. The van der Waals surface area contributed by atoms with Gasteiger partial charge in [0, 0.05) is 37.6 Å². The fourth-order valence-corrected chi connectivity index (χ4v) is 4.82. The topological polar surface area (TPSA) is 108 Å². The van der Waals surface area contributed by atoms with E-state index >= 15 is 0 Å². The van der Waals surface area contributed by atoms with E-state index in [-0.39, 0.29) is 6.03 Å². The predicted octanol–water partition coefficient (Wildman–Crippen LogP) is 3.84. The number of benzene rings is 3. The first-order valence-electron chi connectivity index (χ1n) is 11.8. The Hall–Kier alpha value is -3.96. The smallest absolute Gasteiger partial charge is 0.319 e. The van der Waals surface area contributed by atoms with Crippen LogP contribution in [0, 0.1) is 0 Å². The minimum Gasteiger partial charge on any atom is -0.337 e. The third kappa shape index (κ3) is 6.07. The molecule has 1 saturated heterocycles. The van der Waals surface area contributed by atoms with Crippen molar-refractivity contribution >= 4 is 38.5 Å². The highest BCUT2D eigenvalue weighted by Crippen LogP contribution is 2.27. The maximum atomic E-state index is 12.9. The van der Waals surface area contributed by atoms with Crippen molar-refractivity contribution in [3.8, 4) is 16.8 Å². The highest BCUT2D eigenvalue weighted by Gasteiger charge is 2.25. The molecule has 4 aromatic rings. The van der Waals surface area contributed by atoms with Crippen LogP contribution < -0.4 is 15.4 Å². The van der Waals surface area contributed by atoms with Gasteiger partial charge in [0.1, 0.15) is 12.5 Å². The van der Waals surface area contributed by atoms with E-state index in [0.29, 0.717) is 37.6 Å². The second-order valence-corrected chi connectivity index (χ2v) is 10.8. The van der Waals surface area contributed by atoms with Crippen LogP contribution in [0.5, 0.6) is 0 Å². The molecular weight excluding hydrogens is 495 g/mol. The van der Waals surface area contributed by atoms with Crippen molar-refractivity contribution in [2.24, 2.45) is 0 Å². The highest BCUT2D eigenvalue weighted by molar-refractivity contribution is 7.92. The van der Waals surface area contributed by atoms with Crippen LogP contribution in [-0.4, -0.2) is 67.5 Å². The molecule has 0 aliphatic carbocycles. The number of urea groups is 1. The lowest BCUT2D eigenvalue weighted by molar-refractivity contribution is 0.0676. The van der Waals surface area contributed by atoms with Gasteiger partial charge in [-0.1, -0.05) is 24.3 Å². The molecule has 3 N–H and O–H groups in total. The van der Waals surface area contributed by atoms with Gasteiger partial charge in [-0.05, 0) is 53.6 Å². The first-order chi connectivity index (χ1) is 17.7. The minimum absolute atomic E-state index is 0.303. The van der Waals surface area contributed by atoms with Crippen LogP contribution in [0.25, 0.3) is 27.8 Å². The predicted molar refractivity (Wildman–Crippen MR) is 143 cm³/mol. The van der Waals surface area contributed by atoms with Gasteiger partial charge in [0.25, 0.3) is 0 Å². The number of carbonyl (C=O) groups is 1. The van der Waals surface area contributed by atoms with Crippen molar-refractivity contribution in [1.29, 1.82) is 0 Å². The zero-order chi connectivity index (χ0) is 26.0. The maximum absolute atomic E-state index is 12.9. The van der Waals surface area contributed by atoms with E-state index in [4.69, 9.17) is 0 Å². The van der Waals surface area contributed by atoms with Gasteiger partial charge in [0.15, 0.2) is 0 Å². The molecule has 1 fully saturated rings. The third-order valence-corrected chi connectivity index (χ3v) is 6.68. The molecule has 1 aromatic heterocycles. The number of likely N-dealkylation sites (tertiary alicyclic amines) is 1. The summed E-state index contributed by atoms with van der Waals surface area (Å²) >= 11 is 0. The molecule has 0 radical (unpaired) electrons. The molecule has 1 aliphatic heterocycles. The first kappa shape index (κ1) is 24.7. The van der Waals surface area contributed by atoms with E-state index in [2.05, 4.69) is 20.3 Å². The number of rotatable bonds is 8. The fourth-order valence-electron chi connectivity index (χ4n) is 4.26. The second kappa shape index (κ2) is 10.2. The number of sulfonamides is 1. The van der Waals surface area contributed by atoms with Gasteiger partial charge in [-0.25, -0.2) is 22.6 Å². The molecule has 0 bridgehead atoms. The standard InChI is InChI=1S/C26H27FN6O3S/c1-37(35,36)31-22-3-2-4-23(14-22)33-17-29-24-10-7-19(13-25(24)33)18-5-8-21(9-6-18)30-26(34)28-11-12-32-15-20(27)16-32/h2-10,13-14,17,20,31H,11-12,15-16H2,1H3,(H2,28,30,34). The minimum atomic E-state index is -3.39. The van der Waals surface area contributed by atoms with Crippen LogP contribution in [0.4, 0.5) is 20.6 Å². The Bertz CT molecular complexity index is 1530. The molecule has 9 nitrogen and oxygen atoms in total. The largest absolute Gasteiger partial charge is 0.337 e. The molecule has 192 valence electrons. The van der Waals surface area contributed by atoms with E-state index in [0.717, 1.165) is 34.1 Å². The van der Waals surface area contributed by atoms with Crippen molar-refractivity contribution in [3.63, 3.8) is 0 Å². The van der Waals surface area contributed by atoms with Crippen LogP contribution in [0.3, 0.4) is 0 Å². The Labute approximate surface area is 214 Å². The van der Waals surface area contributed by atoms with Gasteiger partial charge in [-0.2, -0.15) is 0 Å². The number of halogens is 1. The lowest BCUT2D eigenvalue weighted by Gasteiger charge is -2.34. The van der Waals surface area contributed by atoms with Gasteiger partial charge in [-0.15, -0.1) is 0 Å². The molecule has 2 amide bonds. The quantitative estimate of drug-likeness (QED) is 0.326. The molecule has 1 aliphatic rings. The SMILES string of the molecule is CS(=O)(=O)Nc1cccc(-n2cnc3ccc(-c4ccc(NC(=O)NCCN5CC(F)C5)cc4)cc32)c1. The van der Waals surface area contributed by atoms with Gasteiger partial charge < -0.3 is 10.6 Å². The number of carbonyl (C=O) groups excluding carboxylic acids is 1. The molecular formula is C26H27FN6O3S. The molecule has 0 spiro atoms. The van der Waals surface area contributed by atoms with Crippen molar-refractivity contribution in [2.75, 3.05) is 42.5 Å². The Kier molecular flexibility index (Phi) is 6.81. The third-order valence-electron chi connectivity index (χ3n) is 6.08. The number of hydrogen-bond acceptors (Lipinski definition) is 5. The van der Waals surface area contributed by atoms with Crippen molar-refractivity contribution in [2.45, 2.75) is 6.17 Å². The van der Waals surface area contributed by atoms with E-state index in [1.807, 2.05) is 58.0 Å². The summed E-state index contributed by atoms with van der Waals surface area (Å²) in [5.74, 6) is 0. The summed E-state index contributed by atoms with van der Waals surface area (Å²) in [6.07, 6.45) is 2.07. The van der Waals surface area contributed by atoms with E-state index in [9.17, 15) is 17.6 Å². The van der Waals surface area contributed by atoms with Gasteiger partial charge in [0.05, 0.1) is 23.0 Å². The summed E-state index contributed by atoms with van der Waals surface area (Å²) in [7, 11) is -3.39. The normalized spacial score (nSPS) is 14.3. The summed E-state index contributed by atoms with van der Waals surface area (Å²) in [6, 6.07) is 20.3. The van der Waals surface area contributed by atoms with Crippen molar-refractivity contribution < 1.29 is 17.6 Å². The molecule has 2 heterocycles. The number of anilines is 2. The van der Waals surface area contributed by atoms with Crippen LogP contribution in [0.15, 0.2) is 73.1 Å². The van der Waals surface area contributed by atoms with Gasteiger partial charge in [0.2, 0.25) is 10.0 Å². The molecule has 0 atom stereocenters. The lowest BCUT2D eigenvalue weighted by atomic mass is 10.0. The first-order valence-corrected chi connectivity index (χ1v) is 13.7. The Morgan fingerprint density at radius 1 is 1.03 bits per heavy atom. The van der Waals surface area contributed by atoms with Crippen molar-refractivity contribution in [3.05, 3.63) is 73.1 Å². The number of amides is 2. The number of fused-ring (bicyclic) bond motifs is 1. The zero-order valence-electron chi connectivity index (χ0n) is 20.2. The zero-order valence-corrected chi connectivity index (χ0v) is 21.0.